The monoisotopic (exact) mass is 301 g/mol. The average molecular weight is 301 g/mol. The van der Waals surface area contributed by atoms with E-state index in [2.05, 4.69) is 36.2 Å². The summed E-state index contributed by atoms with van der Waals surface area (Å²) in [5, 5.41) is 3.53. The number of hydrogen-bond acceptors (Lipinski definition) is 4. The van der Waals surface area contributed by atoms with Crippen molar-refractivity contribution < 1.29 is 4.74 Å². The molecule has 0 radical (unpaired) electrons. The molecular weight excluding hydrogens is 274 g/mol. The highest BCUT2D eigenvalue weighted by molar-refractivity contribution is 5.56. The quantitative estimate of drug-likeness (QED) is 0.907. The molecule has 1 N–H and O–H groups in total. The number of anilines is 1. The molecule has 3 atom stereocenters. The van der Waals surface area contributed by atoms with Crippen LogP contribution >= 0.6 is 0 Å². The molecule has 3 heterocycles. The molecule has 4 rings (SSSR count). The molecule has 0 spiro atoms. The largest absolute Gasteiger partial charge is 0.372 e. The van der Waals surface area contributed by atoms with E-state index in [0.29, 0.717) is 12.1 Å². The summed E-state index contributed by atoms with van der Waals surface area (Å²) in [4.78, 5) is 7.56. The maximum absolute atomic E-state index is 6.13. The van der Waals surface area contributed by atoms with E-state index in [-0.39, 0.29) is 6.10 Å². The second kappa shape index (κ2) is 5.82. The molecule has 0 bridgehead atoms. The molecule has 2 fully saturated rings. The molecule has 0 unspecified atom stereocenters. The highest BCUT2D eigenvalue weighted by atomic mass is 16.5. The van der Waals surface area contributed by atoms with E-state index in [9.17, 15) is 0 Å². The zero-order valence-corrected chi connectivity index (χ0v) is 13.7. The van der Waals surface area contributed by atoms with Crippen LogP contribution in [0.15, 0.2) is 12.1 Å². The van der Waals surface area contributed by atoms with Crippen molar-refractivity contribution in [3.63, 3.8) is 0 Å². The molecule has 1 saturated carbocycles. The Morgan fingerprint density at radius 3 is 3.00 bits per heavy atom. The molecule has 1 aromatic heterocycles. The maximum Gasteiger partial charge on any atom is 0.132 e. The molecular formula is C18H27N3O. The summed E-state index contributed by atoms with van der Waals surface area (Å²) in [5.74, 6) is 2.02. The maximum atomic E-state index is 6.13. The van der Waals surface area contributed by atoms with E-state index in [4.69, 9.17) is 9.72 Å². The predicted octanol–water partition coefficient (Wildman–Crippen LogP) is 2.68. The second-order valence-corrected chi connectivity index (χ2v) is 7.16. The van der Waals surface area contributed by atoms with Crippen molar-refractivity contribution in [1.29, 1.82) is 0 Å². The zero-order valence-electron chi connectivity index (χ0n) is 13.7. The number of fused-ring (bicyclic) bond motifs is 3. The number of ether oxygens (including phenoxy) is 1. The third-order valence-electron chi connectivity index (χ3n) is 5.30. The van der Waals surface area contributed by atoms with Crippen LogP contribution in [0.3, 0.4) is 0 Å². The number of nitrogens with zero attached hydrogens (tertiary/aromatic N) is 2. The lowest BCUT2D eigenvalue weighted by Gasteiger charge is -2.37. The van der Waals surface area contributed by atoms with Crippen LogP contribution < -0.4 is 10.2 Å². The lowest BCUT2D eigenvalue weighted by Crippen LogP contribution is -2.55. The number of hydrogen-bond donors (Lipinski definition) is 1. The molecule has 0 amide bonds. The SMILES string of the molecule is CC[C@@H](OCC1CC1)c1ccc2c(n1)N1[C@@H](CNC[C@H]1C)C2. The molecule has 3 aliphatic rings. The third-order valence-corrected chi connectivity index (χ3v) is 5.30. The molecule has 4 heteroatoms. The molecule has 4 nitrogen and oxygen atoms in total. The van der Waals surface area contributed by atoms with Crippen LogP contribution in [0.2, 0.25) is 0 Å². The molecule has 1 aliphatic carbocycles. The summed E-state index contributed by atoms with van der Waals surface area (Å²) < 4.78 is 6.13. The predicted molar refractivity (Wildman–Crippen MR) is 88.2 cm³/mol. The van der Waals surface area contributed by atoms with E-state index in [1.165, 1.54) is 24.2 Å². The van der Waals surface area contributed by atoms with Gasteiger partial charge in [0.2, 0.25) is 0 Å². The fourth-order valence-corrected chi connectivity index (χ4v) is 3.82. The number of rotatable bonds is 5. The van der Waals surface area contributed by atoms with Gasteiger partial charge in [-0.2, -0.15) is 0 Å². The first-order valence-electron chi connectivity index (χ1n) is 8.86. The zero-order chi connectivity index (χ0) is 15.1. The second-order valence-electron chi connectivity index (χ2n) is 7.16. The Hall–Kier alpha value is -1.13. The van der Waals surface area contributed by atoms with Gasteiger partial charge in [-0.25, -0.2) is 4.98 Å². The minimum atomic E-state index is 0.156. The van der Waals surface area contributed by atoms with Gasteiger partial charge in [-0.15, -0.1) is 0 Å². The summed E-state index contributed by atoms with van der Waals surface area (Å²) >= 11 is 0. The molecule has 2 aliphatic heterocycles. The molecule has 0 aromatic carbocycles. The summed E-state index contributed by atoms with van der Waals surface area (Å²) in [7, 11) is 0. The Labute approximate surface area is 133 Å². The van der Waals surface area contributed by atoms with Crippen molar-refractivity contribution in [3.8, 4) is 0 Å². The van der Waals surface area contributed by atoms with Crippen LogP contribution in [0.25, 0.3) is 0 Å². The van der Waals surface area contributed by atoms with Crippen LogP contribution in [-0.4, -0.2) is 36.8 Å². The van der Waals surface area contributed by atoms with Crippen molar-refractivity contribution in [2.75, 3.05) is 24.6 Å². The topological polar surface area (TPSA) is 37.4 Å². The lowest BCUT2D eigenvalue weighted by molar-refractivity contribution is 0.0399. The Balaban J connectivity index is 1.56. The number of nitrogens with one attached hydrogen (secondary N) is 1. The van der Waals surface area contributed by atoms with Gasteiger partial charge in [-0.3, -0.25) is 0 Å². The van der Waals surface area contributed by atoms with E-state index in [0.717, 1.165) is 44.1 Å². The van der Waals surface area contributed by atoms with Gasteiger partial charge >= 0.3 is 0 Å². The molecule has 22 heavy (non-hydrogen) atoms. The van der Waals surface area contributed by atoms with Crippen molar-refractivity contribution in [3.05, 3.63) is 23.4 Å². The Morgan fingerprint density at radius 1 is 1.36 bits per heavy atom. The van der Waals surface area contributed by atoms with Crippen molar-refractivity contribution in [1.82, 2.24) is 10.3 Å². The van der Waals surface area contributed by atoms with Crippen LogP contribution in [0.4, 0.5) is 5.82 Å². The minimum absolute atomic E-state index is 0.156. The summed E-state index contributed by atoms with van der Waals surface area (Å²) in [6, 6.07) is 5.58. The minimum Gasteiger partial charge on any atom is -0.372 e. The normalized spacial score (nSPS) is 28.4. The molecule has 1 aromatic rings. The highest BCUT2D eigenvalue weighted by Crippen LogP contribution is 2.36. The standard InChI is InChI=1S/C18H27N3O/c1-3-17(22-11-13-4-5-13)16-7-6-14-8-15-10-19-9-12(2)21(15)18(14)20-16/h6-7,12-13,15,17,19H,3-5,8-11H2,1-2H3/t12-,15-,17-/m1/s1. The first-order valence-corrected chi connectivity index (χ1v) is 8.86. The van der Waals surface area contributed by atoms with Gasteiger partial charge in [-0.05, 0) is 50.2 Å². The van der Waals surface area contributed by atoms with E-state index in [1.807, 2.05) is 0 Å². The van der Waals surface area contributed by atoms with E-state index < -0.39 is 0 Å². The van der Waals surface area contributed by atoms with Gasteiger partial charge in [0.25, 0.3) is 0 Å². The first-order chi connectivity index (χ1) is 10.8. The first kappa shape index (κ1) is 14.5. The van der Waals surface area contributed by atoms with E-state index in [1.54, 1.807) is 0 Å². The fraction of sp³-hybridized carbons (Fsp3) is 0.722. The average Bonchev–Trinajstić information content (AvgIpc) is 3.27. The molecule has 120 valence electrons. The van der Waals surface area contributed by atoms with Gasteiger partial charge in [0.1, 0.15) is 5.82 Å². The van der Waals surface area contributed by atoms with Crippen molar-refractivity contribution in [2.45, 2.75) is 57.7 Å². The van der Waals surface area contributed by atoms with Crippen LogP contribution in [0.5, 0.6) is 0 Å². The van der Waals surface area contributed by atoms with Gasteiger partial charge in [0.05, 0.1) is 18.4 Å². The Morgan fingerprint density at radius 2 is 2.23 bits per heavy atom. The number of pyridine rings is 1. The summed E-state index contributed by atoms with van der Waals surface area (Å²) in [5.41, 5.74) is 2.52. The lowest BCUT2D eigenvalue weighted by atomic mass is 10.1. The Bertz CT molecular complexity index is 543. The van der Waals surface area contributed by atoms with Gasteiger partial charge in [0, 0.05) is 25.2 Å². The summed E-state index contributed by atoms with van der Waals surface area (Å²) in [6.45, 7) is 7.53. The van der Waals surface area contributed by atoms with Crippen LogP contribution in [-0.2, 0) is 11.2 Å². The van der Waals surface area contributed by atoms with E-state index >= 15 is 0 Å². The van der Waals surface area contributed by atoms with Crippen molar-refractivity contribution >= 4 is 5.82 Å². The third kappa shape index (κ3) is 2.63. The summed E-state index contributed by atoms with van der Waals surface area (Å²) in [6.07, 6.45) is 4.96. The Kier molecular flexibility index (Phi) is 3.82. The van der Waals surface area contributed by atoms with Crippen molar-refractivity contribution in [2.24, 2.45) is 5.92 Å². The van der Waals surface area contributed by atoms with Gasteiger partial charge in [-0.1, -0.05) is 13.0 Å². The van der Waals surface area contributed by atoms with Gasteiger partial charge in [0.15, 0.2) is 0 Å². The smallest absolute Gasteiger partial charge is 0.132 e. The molecule has 1 saturated heterocycles. The van der Waals surface area contributed by atoms with Gasteiger partial charge < -0.3 is 15.0 Å². The number of aromatic nitrogens is 1. The number of piperazine rings is 1. The van der Waals surface area contributed by atoms with Crippen LogP contribution in [0.1, 0.15) is 50.5 Å². The van der Waals surface area contributed by atoms with Crippen LogP contribution in [0, 0.1) is 5.92 Å². The highest BCUT2D eigenvalue weighted by Gasteiger charge is 2.36. The fourth-order valence-electron chi connectivity index (χ4n) is 3.82.